The van der Waals surface area contributed by atoms with Crippen LogP contribution in [0.2, 0.25) is 0 Å². The van der Waals surface area contributed by atoms with Gasteiger partial charge < -0.3 is 10.6 Å². The Labute approximate surface area is 94.0 Å². The van der Waals surface area contributed by atoms with Gasteiger partial charge in [-0.1, -0.05) is 6.07 Å². The molecule has 0 bridgehead atoms. The lowest BCUT2D eigenvalue weighted by Gasteiger charge is -2.20. The average Bonchev–Trinajstić information content (AvgIpc) is 2.70. The Morgan fingerprint density at radius 1 is 1.38 bits per heavy atom. The molecule has 0 saturated carbocycles. The molecule has 1 saturated heterocycles. The minimum atomic E-state index is -0.481. The van der Waals surface area contributed by atoms with Crippen molar-refractivity contribution in [3.05, 3.63) is 35.4 Å². The lowest BCUT2D eigenvalue weighted by atomic mass is 10.1. The number of rotatable bonds is 3. The Morgan fingerprint density at radius 2 is 2.06 bits per heavy atom. The lowest BCUT2D eigenvalue weighted by Crippen LogP contribution is -2.33. The third kappa shape index (κ3) is 2.39. The van der Waals surface area contributed by atoms with Crippen LogP contribution in [0.5, 0.6) is 0 Å². The van der Waals surface area contributed by atoms with Crippen LogP contribution in [0.1, 0.15) is 24.9 Å². The molecule has 0 spiro atoms. The summed E-state index contributed by atoms with van der Waals surface area (Å²) in [6, 6.07) is 3.98. The standard InChI is InChI=1S/C12H16F2N2/c1-8(16-9-5-6-15-7-9)12-10(13)3-2-4-11(12)14/h2-4,8-9,15-16H,5-7H2,1H3. The van der Waals surface area contributed by atoms with E-state index in [0.717, 1.165) is 19.5 Å². The summed E-state index contributed by atoms with van der Waals surface area (Å²) in [5, 5.41) is 6.44. The molecule has 2 rings (SSSR count). The van der Waals surface area contributed by atoms with Crippen LogP contribution in [-0.4, -0.2) is 19.1 Å². The van der Waals surface area contributed by atoms with E-state index < -0.39 is 11.6 Å². The van der Waals surface area contributed by atoms with Crippen molar-refractivity contribution in [3.63, 3.8) is 0 Å². The molecule has 1 aliphatic rings. The molecule has 2 atom stereocenters. The molecule has 0 radical (unpaired) electrons. The fourth-order valence-corrected chi connectivity index (χ4v) is 2.16. The molecule has 2 nitrogen and oxygen atoms in total. The monoisotopic (exact) mass is 226 g/mol. The van der Waals surface area contributed by atoms with Crippen molar-refractivity contribution in [3.8, 4) is 0 Å². The van der Waals surface area contributed by atoms with Gasteiger partial charge in [-0.05, 0) is 32.0 Å². The second kappa shape index (κ2) is 4.89. The highest BCUT2D eigenvalue weighted by molar-refractivity contribution is 5.23. The molecule has 1 heterocycles. The maximum Gasteiger partial charge on any atom is 0.130 e. The average molecular weight is 226 g/mol. The van der Waals surface area contributed by atoms with Gasteiger partial charge in [-0.2, -0.15) is 0 Å². The number of nitrogens with one attached hydrogen (secondary N) is 2. The highest BCUT2D eigenvalue weighted by Gasteiger charge is 2.21. The highest BCUT2D eigenvalue weighted by atomic mass is 19.1. The Balaban J connectivity index is 2.10. The Morgan fingerprint density at radius 3 is 2.62 bits per heavy atom. The number of benzene rings is 1. The van der Waals surface area contributed by atoms with E-state index in [1.54, 1.807) is 6.92 Å². The van der Waals surface area contributed by atoms with E-state index in [1.165, 1.54) is 18.2 Å². The normalized spacial score (nSPS) is 22.3. The van der Waals surface area contributed by atoms with Crippen LogP contribution in [-0.2, 0) is 0 Å². The topological polar surface area (TPSA) is 24.1 Å². The summed E-state index contributed by atoms with van der Waals surface area (Å²) in [7, 11) is 0. The van der Waals surface area contributed by atoms with Crippen LogP contribution in [0.25, 0.3) is 0 Å². The molecule has 0 aliphatic carbocycles. The van der Waals surface area contributed by atoms with Crippen LogP contribution in [0.15, 0.2) is 18.2 Å². The zero-order valence-corrected chi connectivity index (χ0v) is 9.26. The predicted octanol–water partition coefficient (Wildman–Crippen LogP) is 1.98. The Kier molecular flexibility index (Phi) is 3.51. The van der Waals surface area contributed by atoms with Crippen molar-refractivity contribution >= 4 is 0 Å². The summed E-state index contributed by atoms with van der Waals surface area (Å²) in [6.45, 7) is 3.62. The minimum Gasteiger partial charge on any atom is -0.315 e. The maximum absolute atomic E-state index is 13.5. The van der Waals surface area contributed by atoms with E-state index >= 15 is 0 Å². The molecule has 4 heteroatoms. The summed E-state index contributed by atoms with van der Waals surface area (Å²) in [4.78, 5) is 0. The summed E-state index contributed by atoms with van der Waals surface area (Å²) >= 11 is 0. The maximum atomic E-state index is 13.5. The van der Waals surface area contributed by atoms with Crippen LogP contribution in [0.3, 0.4) is 0 Å². The SMILES string of the molecule is CC(NC1CCNC1)c1c(F)cccc1F. The zero-order chi connectivity index (χ0) is 11.5. The number of hydrogen-bond donors (Lipinski definition) is 2. The van der Waals surface area contributed by atoms with Gasteiger partial charge in [0.15, 0.2) is 0 Å². The van der Waals surface area contributed by atoms with E-state index in [-0.39, 0.29) is 11.6 Å². The second-order valence-corrected chi connectivity index (χ2v) is 4.21. The van der Waals surface area contributed by atoms with E-state index in [4.69, 9.17) is 0 Å². The molecule has 16 heavy (non-hydrogen) atoms. The highest BCUT2D eigenvalue weighted by Crippen LogP contribution is 2.21. The molecule has 88 valence electrons. The third-order valence-corrected chi connectivity index (χ3v) is 2.98. The largest absolute Gasteiger partial charge is 0.315 e. The molecule has 1 aliphatic heterocycles. The van der Waals surface area contributed by atoms with Gasteiger partial charge in [0, 0.05) is 24.2 Å². The molecular formula is C12H16F2N2. The van der Waals surface area contributed by atoms with Crippen LogP contribution in [0, 0.1) is 11.6 Å². The van der Waals surface area contributed by atoms with Crippen molar-refractivity contribution in [1.29, 1.82) is 0 Å². The fraction of sp³-hybridized carbons (Fsp3) is 0.500. The van der Waals surface area contributed by atoms with Gasteiger partial charge in [-0.25, -0.2) is 8.78 Å². The number of hydrogen-bond acceptors (Lipinski definition) is 2. The first-order valence-electron chi connectivity index (χ1n) is 5.59. The van der Waals surface area contributed by atoms with Crippen molar-refractivity contribution in [2.24, 2.45) is 0 Å². The number of halogens is 2. The first-order valence-corrected chi connectivity index (χ1v) is 5.59. The molecule has 0 aromatic heterocycles. The van der Waals surface area contributed by atoms with Gasteiger partial charge in [-0.15, -0.1) is 0 Å². The van der Waals surface area contributed by atoms with Crippen molar-refractivity contribution in [2.75, 3.05) is 13.1 Å². The second-order valence-electron chi connectivity index (χ2n) is 4.21. The summed E-state index contributed by atoms with van der Waals surface area (Å²) < 4.78 is 27.0. The quantitative estimate of drug-likeness (QED) is 0.823. The lowest BCUT2D eigenvalue weighted by molar-refractivity contribution is 0.441. The fourth-order valence-electron chi connectivity index (χ4n) is 2.16. The van der Waals surface area contributed by atoms with Crippen LogP contribution >= 0.6 is 0 Å². The zero-order valence-electron chi connectivity index (χ0n) is 9.26. The smallest absolute Gasteiger partial charge is 0.130 e. The first-order chi connectivity index (χ1) is 7.68. The Hall–Kier alpha value is -1.00. The third-order valence-electron chi connectivity index (χ3n) is 2.98. The summed E-state index contributed by atoms with van der Waals surface area (Å²) in [5.74, 6) is -0.961. The van der Waals surface area contributed by atoms with Crippen molar-refractivity contribution in [1.82, 2.24) is 10.6 Å². The van der Waals surface area contributed by atoms with Crippen LogP contribution in [0.4, 0.5) is 8.78 Å². The van der Waals surface area contributed by atoms with Crippen LogP contribution < -0.4 is 10.6 Å². The van der Waals surface area contributed by atoms with E-state index in [0.29, 0.717) is 6.04 Å². The molecule has 1 aromatic rings. The molecular weight excluding hydrogens is 210 g/mol. The summed E-state index contributed by atoms with van der Waals surface area (Å²) in [6.07, 6.45) is 1.00. The van der Waals surface area contributed by atoms with Gasteiger partial charge in [0.2, 0.25) is 0 Å². The van der Waals surface area contributed by atoms with E-state index in [9.17, 15) is 8.78 Å². The van der Waals surface area contributed by atoms with Gasteiger partial charge in [0.1, 0.15) is 11.6 Å². The molecule has 1 fully saturated rings. The minimum absolute atomic E-state index is 0.134. The van der Waals surface area contributed by atoms with Crippen molar-refractivity contribution in [2.45, 2.75) is 25.4 Å². The molecule has 2 N–H and O–H groups in total. The molecule has 2 unspecified atom stereocenters. The van der Waals surface area contributed by atoms with Crippen molar-refractivity contribution < 1.29 is 8.78 Å². The Bertz CT molecular complexity index is 342. The van der Waals surface area contributed by atoms with E-state index in [1.807, 2.05) is 0 Å². The first kappa shape index (κ1) is 11.5. The van der Waals surface area contributed by atoms with Gasteiger partial charge in [0.05, 0.1) is 0 Å². The predicted molar refractivity (Wildman–Crippen MR) is 59.2 cm³/mol. The molecule has 1 aromatic carbocycles. The molecule has 0 amide bonds. The van der Waals surface area contributed by atoms with Gasteiger partial charge >= 0.3 is 0 Å². The van der Waals surface area contributed by atoms with Gasteiger partial charge in [-0.3, -0.25) is 0 Å². The van der Waals surface area contributed by atoms with E-state index in [2.05, 4.69) is 10.6 Å². The summed E-state index contributed by atoms with van der Waals surface area (Å²) in [5.41, 5.74) is 0.134. The van der Waals surface area contributed by atoms with Gasteiger partial charge in [0.25, 0.3) is 0 Å².